The number of hydrogen-bond donors (Lipinski definition) is 0. The van der Waals surface area contributed by atoms with Crippen molar-refractivity contribution in [1.82, 2.24) is 19.0 Å². The van der Waals surface area contributed by atoms with E-state index in [9.17, 15) is 4.79 Å². The van der Waals surface area contributed by atoms with E-state index in [0.29, 0.717) is 5.69 Å². The van der Waals surface area contributed by atoms with Crippen molar-refractivity contribution in [1.29, 1.82) is 0 Å². The molecule has 8 nitrogen and oxygen atoms in total. The highest BCUT2D eigenvalue weighted by molar-refractivity contribution is 5.73. The number of likely N-dealkylation sites (tertiary alicyclic amines) is 1. The molecule has 2 saturated heterocycles. The number of imidazole rings is 1. The van der Waals surface area contributed by atoms with Crippen LogP contribution >= 0.6 is 0 Å². The topological polar surface area (TPSA) is 59.9 Å². The minimum Gasteiger partial charge on any atom is -0.444 e. The highest BCUT2D eigenvalue weighted by Gasteiger charge is 2.50. The van der Waals surface area contributed by atoms with Gasteiger partial charge < -0.3 is 19.1 Å². The zero-order valence-corrected chi connectivity index (χ0v) is 23.1. The third-order valence-electron chi connectivity index (χ3n) is 8.27. The predicted molar refractivity (Wildman–Crippen MR) is 155 cm³/mol. The lowest BCUT2D eigenvalue weighted by Crippen LogP contribution is -2.60. The number of ether oxygens (including phenoxy) is 1. The van der Waals surface area contributed by atoms with Gasteiger partial charge in [0.25, 0.3) is 0 Å². The minimum absolute atomic E-state index is 0.145. The van der Waals surface area contributed by atoms with Gasteiger partial charge in [0.1, 0.15) is 5.60 Å². The van der Waals surface area contributed by atoms with E-state index in [0.717, 1.165) is 67.5 Å². The lowest BCUT2D eigenvalue weighted by molar-refractivity contribution is -0.0266. The fourth-order valence-electron chi connectivity index (χ4n) is 6.35. The Kier molecular flexibility index (Phi) is 5.36. The van der Waals surface area contributed by atoms with Gasteiger partial charge in [0.05, 0.1) is 18.0 Å². The molecule has 4 aromatic rings. The monoisotopic (exact) mass is 532 g/mol. The first-order valence-electron chi connectivity index (χ1n) is 13.8. The summed E-state index contributed by atoms with van der Waals surface area (Å²) >= 11 is 0. The maximum atomic E-state index is 12.5. The number of fused-ring (bicyclic) bond motifs is 5. The Bertz CT molecular complexity index is 1660. The predicted octanol–water partition coefficient (Wildman–Crippen LogP) is 6.37. The lowest BCUT2D eigenvalue weighted by atomic mass is 9.79. The van der Waals surface area contributed by atoms with E-state index >= 15 is 0 Å². The molecule has 0 saturated carbocycles. The summed E-state index contributed by atoms with van der Waals surface area (Å²) in [5.41, 5.74) is 7.20. The van der Waals surface area contributed by atoms with Gasteiger partial charge >= 0.3 is 6.09 Å². The van der Waals surface area contributed by atoms with Crippen molar-refractivity contribution in [3.05, 3.63) is 84.1 Å². The number of anilines is 1. The Morgan fingerprint density at radius 2 is 1.85 bits per heavy atom. The molecule has 3 aliphatic rings. The van der Waals surface area contributed by atoms with Crippen LogP contribution in [-0.4, -0.2) is 56.9 Å². The molecule has 0 radical (unpaired) electrons. The second kappa shape index (κ2) is 8.75. The second-order valence-electron chi connectivity index (χ2n) is 12.3. The number of amides is 1. The average Bonchev–Trinajstić information content (AvgIpc) is 3.64. The summed E-state index contributed by atoms with van der Waals surface area (Å²) in [7, 11) is 0. The van der Waals surface area contributed by atoms with Crippen LogP contribution in [-0.2, 0) is 11.3 Å². The van der Waals surface area contributed by atoms with Crippen LogP contribution in [0.5, 0.6) is 0 Å². The second-order valence-corrected chi connectivity index (χ2v) is 12.3. The van der Waals surface area contributed by atoms with E-state index < -0.39 is 5.60 Å². The maximum absolute atomic E-state index is 12.5. The highest BCUT2D eigenvalue weighted by atomic mass is 16.6. The van der Waals surface area contributed by atoms with Crippen molar-refractivity contribution in [3.63, 3.8) is 0 Å². The summed E-state index contributed by atoms with van der Waals surface area (Å²) in [6, 6.07) is 16.7. The third kappa shape index (κ3) is 4.13. The molecular formula is C32H32N6O2. The normalized spacial score (nSPS) is 16.9. The maximum Gasteiger partial charge on any atom is 0.410 e. The summed E-state index contributed by atoms with van der Waals surface area (Å²) in [5.74, 6) is 0.923. The van der Waals surface area contributed by atoms with Crippen molar-refractivity contribution in [2.75, 3.05) is 31.1 Å². The number of hydrogen-bond acceptors (Lipinski definition) is 4. The third-order valence-corrected chi connectivity index (χ3v) is 8.27. The highest BCUT2D eigenvalue weighted by Crippen LogP contribution is 2.43. The summed E-state index contributed by atoms with van der Waals surface area (Å²) < 4.78 is 10.0. The van der Waals surface area contributed by atoms with Crippen LogP contribution in [0.3, 0.4) is 0 Å². The molecule has 1 amide bonds. The fourth-order valence-corrected chi connectivity index (χ4v) is 6.35. The Hall–Kier alpha value is -4.51. The zero-order valence-electron chi connectivity index (χ0n) is 23.1. The zero-order chi connectivity index (χ0) is 27.6. The molecule has 40 heavy (non-hydrogen) atoms. The molecule has 0 unspecified atom stereocenters. The quantitative estimate of drug-likeness (QED) is 0.248. The first-order valence-corrected chi connectivity index (χ1v) is 13.8. The number of aromatic nitrogens is 3. The molecule has 0 aliphatic carbocycles. The Morgan fingerprint density at radius 1 is 1.05 bits per heavy atom. The van der Waals surface area contributed by atoms with Gasteiger partial charge in [-0.25, -0.2) is 14.6 Å². The first kappa shape index (κ1) is 24.5. The van der Waals surface area contributed by atoms with E-state index in [1.54, 1.807) is 0 Å². The van der Waals surface area contributed by atoms with Crippen LogP contribution in [0.1, 0.15) is 32.8 Å². The molecule has 1 spiro atoms. The van der Waals surface area contributed by atoms with E-state index in [1.165, 1.54) is 11.3 Å². The van der Waals surface area contributed by atoms with E-state index in [1.807, 2.05) is 62.3 Å². The van der Waals surface area contributed by atoms with Crippen LogP contribution in [0.4, 0.5) is 16.2 Å². The molecule has 8 heteroatoms. The molecule has 0 bridgehead atoms. The number of carbonyl (C=O) groups excluding carboxylic acids is 1. The summed E-state index contributed by atoms with van der Waals surface area (Å²) in [4.78, 5) is 25.0. The molecule has 7 rings (SSSR count). The molecule has 2 aromatic carbocycles. The summed E-state index contributed by atoms with van der Waals surface area (Å²) in [5, 5.41) is 0. The van der Waals surface area contributed by atoms with Gasteiger partial charge in [-0.15, -0.1) is 0 Å². The Labute approximate surface area is 234 Å². The van der Waals surface area contributed by atoms with Crippen LogP contribution in [0.2, 0.25) is 0 Å². The fraction of sp³-hybridized carbons (Fsp3) is 0.344. The van der Waals surface area contributed by atoms with Gasteiger partial charge in [-0.1, -0.05) is 24.3 Å². The van der Waals surface area contributed by atoms with Crippen LogP contribution in [0.25, 0.3) is 33.2 Å². The summed E-state index contributed by atoms with van der Waals surface area (Å²) in [6.45, 7) is 17.2. The van der Waals surface area contributed by atoms with Crippen LogP contribution < -0.4 is 4.90 Å². The van der Waals surface area contributed by atoms with Crippen molar-refractivity contribution in [2.45, 2.75) is 39.3 Å². The average molecular weight is 533 g/mol. The van der Waals surface area contributed by atoms with Crippen molar-refractivity contribution < 1.29 is 9.53 Å². The van der Waals surface area contributed by atoms with Gasteiger partial charge in [-0.05, 0) is 62.6 Å². The molecule has 3 aliphatic heterocycles. The van der Waals surface area contributed by atoms with Gasteiger partial charge in [0, 0.05) is 68.0 Å². The minimum atomic E-state index is -0.470. The largest absolute Gasteiger partial charge is 0.444 e. The van der Waals surface area contributed by atoms with Gasteiger partial charge in [0.2, 0.25) is 0 Å². The van der Waals surface area contributed by atoms with Gasteiger partial charge in [0.15, 0.2) is 11.5 Å². The van der Waals surface area contributed by atoms with Crippen molar-refractivity contribution >= 4 is 17.5 Å². The lowest BCUT2D eigenvalue weighted by Gasteiger charge is -2.47. The smallest absolute Gasteiger partial charge is 0.410 e. The van der Waals surface area contributed by atoms with Crippen LogP contribution in [0.15, 0.2) is 67.1 Å². The molecule has 0 atom stereocenters. The molecule has 0 N–H and O–H groups in total. The number of rotatable bonds is 2. The van der Waals surface area contributed by atoms with E-state index in [2.05, 4.69) is 49.3 Å². The van der Waals surface area contributed by atoms with E-state index in [4.69, 9.17) is 16.3 Å². The molecule has 202 valence electrons. The number of carbonyl (C=O) groups is 1. The number of nitrogens with zero attached hydrogens (tertiary/aromatic N) is 6. The van der Waals surface area contributed by atoms with Gasteiger partial charge in [-0.2, -0.15) is 0 Å². The number of benzene rings is 2. The standard InChI is InChI=1S/C32H32N6O2/c1-31(2,3)40-30(39)37-20-32(21-37)11-13-35(19-32)26-9-10-27-24(15-26)18-36-17-23(22-5-7-25(33-4)8-6-22)16-28(36)29-34-12-14-38(27)29/h5-10,12,14-17H,11,13,18-21H2,1-3H3. The first-order chi connectivity index (χ1) is 19.2. The van der Waals surface area contributed by atoms with Gasteiger partial charge in [-0.3, -0.25) is 4.57 Å². The molecule has 2 aromatic heterocycles. The SMILES string of the molecule is [C-]#[N+]c1ccc(-c2cc3n(c2)Cc2cc(N4CCC5(CN(C(=O)OC(C)(C)C)C5)C4)ccc2-n2ccnc2-3)cc1. The molecular weight excluding hydrogens is 500 g/mol. The van der Waals surface area contributed by atoms with Crippen LogP contribution in [0, 0.1) is 12.0 Å². The Morgan fingerprint density at radius 3 is 2.60 bits per heavy atom. The Balaban J connectivity index is 1.14. The van der Waals surface area contributed by atoms with E-state index in [-0.39, 0.29) is 11.5 Å². The summed E-state index contributed by atoms with van der Waals surface area (Å²) in [6.07, 6.45) is 6.95. The molecule has 5 heterocycles. The van der Waals surface area contributed by atoms with Crippen molar-refractivity contribution in [3.8, 4) is 28.3 Å². The van der Waals surface area contributed by atoms with Crippen molar-refractivity contribution in [2.24, 2.45) is 5.41 Å². The molecule has 2 fully saturated rings.